The highest BCUT2D eigenvalue weighted by Crippen LogP contribution is 2.21. The van der Waals surface area contributed by atoms with E-state index < -0.39 is 33.3 Å². The van der Waals surface area contributed by atoms with Crippen LogP contribution < -0.4 is 0 Å². The lowest BCUT2D eigenvalue weighted by Crippen LogP contribution is -2.48. The normalized spacial score (nSPS) is 16.8. The largest absolute Gasteiger partial charge is 0.418 e. The average Bonchev–Trinajstić information content (AvgIpc) is 2.27. The van der Waals surface area contributed by atoms with E-state index in [1.54, 1.807) is 0 Å². The van der Waals surface area contributed by atoms with Gasteiger partial charge in [0.15, 0.2) is 33.3 Å². The van der Waals surface area contributed by atoms with Crippen molar-refractivity contribution < 1.29 is 17.7 Å². The van der Waals surface area contributed by atoms with Crippen molar-refractivity contribution >= 4 is 33.3 Å². The molecule has 0 fully saturated rings. The van der Waals surface area contributed by atoms with Crippen LogP contribution in [0.3, 0.4) is 0 Å². The molecule has 0 bridgehead atoms. The molecule has 0 heterocycles. The highest BCUT2D eigenvalue weighted by molar-refractivity contribution is 6.71. The second-order valence-corrected chi connectivity index (χ2v) is 28.7. The van der Waals surface area contributed by atoms with Gasteiger partial charge in [-0.2, -0.15) is 0 Å². The molecule has 0 aromatic heterocycles. The summed E-state index contributed by atoms with van der Waals surface area (Å²) < 4.78 is 25.4. The fourth-order valence-corrected chi connectivity index (χ4v) is 5.96. The first kappa shape index (κ1) is 25.7. The van der Waals surface area contributed by atoms with Crippen molar-refractivity contribution in [3.05, 3.63) is 0 Å². The molecule has 4 nitrogen and oxygen atoms in total. The minimum absolute atomic E-state index is 0.00430. The first-order valence-corrected chi connectivity index (χ1v) is 23.1. The summed E-state index contributed by atoms with van der Waals surface area (Å²) in [7, 11) is -6.48. The zero-order chi connectivity index (χ0) is 20.1. The molecule has 0 rings (SSSR count). The van der Waals surface area contributed by atoms with Crippen molar-refractivity contribution in [2.24, 2.45) is 0 Å². The first-order chi connectivity index (χ1) is 10.9. The van der Waals surface area contributed by atoms with Crippen molar-refractivity contribution in [2.75, 3.05) is 13.2 Å². The van der Waals surface area contributed by atoms with E-state index >= 15 is 0 Å². The van der Waals surface area contributed by atoms with E-state index in [4.69, 9.17) is 17.7 Å². The number of hydrogen-bond acceptors (Lipinski definition) is 4. The van der Waals surface area contributed by atoms with Crippen LogP contribution in [0.25, 0.3) is 0 Å². The van der Waals surface area contributed by atoms with E-state index in [0.717, 1.165) is 13.0 Å². The maximum atomic E-state index is 6.53. The maximum absolute atomic E-state index is 6.53. The van der Waals surface area contributed by atoms with Gasteiger partial charge < -0.3 is 17.7 Å². The van der Waals surface area contributed by atoms with Crippen LogP contribution in [0.1, 0.15) is 6.42 Å². The van der Waals surface area contributed by atoms with Crippen LogP contribution in [0.15, 0.2) is 0 Å². The molecule has 2 atom stereocenters. The highest BCUT2D eigenvalue weighted by atomic mass is 28.4. The second-order valence-electron chi connectivity index (χ2n) is 10.7. The number of rotatable bonds is 12. The van der Waals surface area contributed by atoms with Crippen LogP contribution in [0.2, 0.25) is 78.6 Å². The summed E-state index contributed by atoms with van der Waals surface area (Å²) in [5, 5.41) is 0. The molecule has 0 N–H and O–H groups in total. The Labute approximate surface area is 161 Å². The minimum atomic E-state index is -1.69. The van der Waals surface area contributed by atoms with Gasteiger partial charge in [0, 0.05) is 6.61 Å². The van der Waals surface area contributed by atoms with Gasteiger partial charge in [-0.3, -0.25) is 0 Å². The van der Waals surface area contributed by atoms with Crippen molar-refractivity contribution in [3.8, 4) is 0 Å². The average molecular weight is 425 g/mol. The second kappa shape index (κ2) is 9.77. The molecule has 0 amide bonds. The summed E-state index contributed by atoms with van der Waals surface area (Å²) in [6.45, 7) is 28.1. The zero-order valence-corrected chi connectivity index (χ0v) is 22.9. The van der Waals surface area contributed by atoms with E-state index in [-0.39, 0.29) is 12.2 Å². The Hall–Kier alpha value is 0.708. The first-order valence-electron chi connectivity index (χ1n) is 9.52. The van der Waals surface area contributed by atoms with Crippen LogP contribution in [-0.2, 0) is 17.7 Å². The van der Waals surface area contributed by atoms with Gasteiger partial charge in [0.2, 0.25) is 0 Å². The Morgan fingerprint density at radius 2 is 0.920 bits per heavy atom. The molecule has 25 heavy (non-hydrogen) atoms. The van der Waals surface area contributed by atoms with Crippen molar-refractivity contribution in [3.63, 3.8) is 0 Å². The Balaban J connectivity index is 5.19. The van der Waals surface area contributed by atoms with Crippen LogP contribution >= 0.6 is 0 Å². The summed E-state index contributed by atoms with van der Waals surface area (Å²) in [5.41, 5.74) is 0. The third kappa shape index (κ3) is 16.6. The molecule has 0 aliphatic carbocycles. The predicted molar refractivity (Wildman–Crippen MR) is 120 cm³/mol. The zero-order valence-electron chi connectivity index (χ0n) is 18.9. The Morgan fingerprint density at radius 1 is 0.520 bits per heavy atom. The molecule has 152 valence electrons. The lowest BCUT2D eigenvalue weighted by atomic mass is 10.1. The van der Waals surface area contributed by atoms with E-state index in [9.17, 15) is 0 Å². The van der Waals surface area contributed by atoms with Crippen LogP contribution in [0.4, 0.5) is 0 Å². The quantitative estimate of drug-likeness (QED) is 0.386. The Kier molecular flexibility index (Phi) is 10.0. The summed E-state index contributed by atoms with van der Waals surface area (Å²) in [4.78, 5) is 0. The summed E-state index contributed by atoms with van der Waals surface area (Å²) in [6, 6.07) is 0. The van der Waals surface area contributed by atoms with E-state index in [1.165, 1.54) is 0 Å². The van der Waals surface area contributed by atoms with Crippen LogP contribution in [0, 0.1) is 0 Å². The predicted octanol–water partition coefficient (Wildman–Crippen LogP) is 5.52. The molecule has 8 heteroatoms. The molecular weight excluding hydrogens is 381 g/mol. The topological polar surface area (TPSA) is 36.9 Å². The van der Waals surface area contributed by atoms with Crippen molar-refractivity contribution in [1.29, 1.82) is 0 Å². The summed E-state index contributed by atoms with van der Waals surface area (Å²) >= 11 is 0. The Morgan fingerprint density at radius 3 is 1.28 bits per heavy atom. The van der Waals surface area contributed by atoms with Gasteiger partial charge >= 0.3 is 0 Å². The standard InChI is InChI=1S/C17H44O4Si4/c1-22(2,3)18-14-13-16(20-24(7,8)9)17(21-25(10,11)12)15-19-23(4,5)6/h16-17H,13-15H2,1-12H3/t16-,17+/m1/s1. The molecular formula is C17H44O4Si4. The molecule has 0 unspecified atom stereocenters. The van der Waals surface area contributed by atoms with Gasteiger partial charge in [-0.05, 0) is 85.0 Å². The van der Waals surface area contributed by atoms with Crippen molar-refractivity contribution in [1.82, 2.24) is 0 Å². The molecule has 0 saturated heterocycles. The van der Waals surface area contributed by atoms with Gasteiger partial charge in [0.25, 0.3) is 0 Å². The van der Waals surface area contributed by atoms with E-state index in [0.29, 0.717) is 6.61 Å². The minimum Gasteiger partial charge on any atom is -0.418 e. The summed E-state index contributed by atoms with van der Waals surface area (Å²) in [5.74, 6) is 0. The molecule has 0 aliphatic heterocycles. The smallest absolute Gasteiger partial charge is 0.184 e. The molecule has 0 saturated carbocycles. The third-order valence-corrected chi connectivity index (χ3v) is 7.17. The molecule has 0 aromatic rings. The van der Waals surface area contributed by atoms with E-state index in [1.807, 2.05) is 0 Å². The lowest BCUT2D eigenvalue weighted by Gasteiger charge is -2.37. The SMILES string of the molecule is C[Si](C)(C)OCC[C@@H](O[Si](C)(C)C)[C@H](CO[Si](C)(C)C)O[Si](C)(C)C. The summed E-state index contributed by atoms with van der Waals surface area (Å²) in [6.07, 6.45) is 0.917. The fraction of sp³-hybridized carbons (Fsp3) is 1.00. The van der Waals surface area contributed by atoms with Crippen LogP contribution in [0.5, 0.6) is 0 Å². The fourth-order valence-electron chi connectivity index (χ4n) is 2.26. The Bertz CT molecular complexity index is 378. The van der Waals surface area contributed by atoms with Gasteiger partial charge in [-0.1, -0.05) is 0 Å². The highest BCUT2D eigenvalue weighted by Gasteiger charge is 2.33. The maximum Gasteiger partial charge on any atom is 0.184 e. The monoisotopic (exact) mass is 424 g/mol. The van der Waals surface area contributed by atoms with Gasteiger partial charge in [0.1, 0.15) is 0 Å². The molecule has 0 aliphatic rings. The van der Waals surface area contributed by atoms with Gasteiger partial charge in [-0.25, -0.2) is 0 Å². The third-order valence-electron chi connectivity index (χ3n) is 3.04. The molecule has 0 aromatic carbocycles. The number of hydrogen-bond donors (Lipinski definition) is 0. The lowest BCUT2D eigenvalue weighted by molar-refractivity contribution is 0.00158. The van der Waals surface area contributed by atoms with E-state index in [2.05, 4.69) is 78.6 Å². The van der Waals surface area contributed by atoms with Crippen molar-refractivity contribution in [2.45, 2.75) is 97.2 Å². The molecule has 0 radical (unpaired) electrons. The molecule has 0 spiro atoms. The van der Waals surface area contributed by atoms with Crippen LogP contribution in [-0.4, -0.2) is 58.7 Å². The van der Waals surface area contributed by atoms with Gasteiger partial charge in [0.05, 0.1) is 18.8 Å². The van der Waals surface area contributed by atoms with Gasteiger partial charge in [-0.15, -0.1) is 0 Å².